The van der Waals surface area contributed by atoms with Crippen molar-refractivity contribution in [1.29, 1.82) is 0 Å². The molecule has 0 radical (unpaired) electrons. The first kappa shape index (κ1) is 81.3. The first-order chi connectivity index (χ1) is 46.5. The van der Waals surface area contributed by atoms with Crippen molar-refractivity contribution in [2.75, 3.05) is 53.3 Å². The Morgan fingerprint density at radius 1 is 0.788 bits per heavy atom. The molecule has 0 bridgehead atoms. The molecule has 2 aromatic carbocycles. The molecule has 10 N–H and O–H groups in total. The van der Waals surface area contributed by atoms with Gasteiger partial charge in [0, 0.05) is 60.0 Å². The number of nitrogens with one attached hydrogen (secondary N) is 5. The van der Waals surface area contributed by atoms with Crippen molar-refractivity contribution in [3.63, 3.8) is 0 Å². The van der Waals surface area contributed by atoms with Crippen molar-refractivity contribution in [2.45, 2.75) is 206 Å². The zero-order valence-corrected chi connectivity index (χ0v) is 59.0. The molecule has 2 fully saturated rings. The molecule has 10 amide bonds. The van der Waals surface area contributed by atoms with Crippen LogP contribution in [0.25, 0.3) is 0 Å². The number of alkyl carbamates (subject to hydrolysis) is 1. The highest BCUT2D eigenvalue weighted by Gasteiger charge is 2.49. The Kier molecular flexibility index (Phi) is 30.1. The van der Waals surface area contributed by atoms with E-state index in [-0.39, 0.29) is 41.2 Å². The quantitative estimate of drug-likeness (QED) is 0.0457. The molecule has 3 heterocycles. The monoisotopic (exact) mass is 1400 g/mol. The van der Waals surface area contributed by atoms with Crippen molar-refractivity contribution >= 4 is 71.1 Å². The van der Waals surface area contributed by atoms with E-state index in [1.54, 1.807) is 98.5 Å². The lowest BCUT2D eigenvalue weighted by Gasteiger charge is -2.41. The number of aliphatic hydroxyl groups is 4. The van der Waals surface area contributed by atoms with Crippen LogP contribution in [0.1, 0.15) is 125 Å². The Hall–Kier alpha value is -8.33. The van der Waals surface area contributed by atoms with Crippen molar-refractivity contribution < 1.29 is 107 Å². The Morgan fingerprint density at radius 2 is 1.43 bits per heavy atom. The maximum atomic E-state index is 14.9. The fourth-order valence-corrected chi connectivity index (χ4v) is 12.2. The fourth-order valence-electron chi connectivity index (χ4n) is 12.2. The lowest BCUT2D eigenvalue weighted by Crippen LogP contribution is -2.61. The number of likely N-dealkylation sites (N-methyl/N-ethyl adjacent to an activating group) is 2. The van der Waals surface area contributed by atoms with E-state index in [1.807, 2.05) is 19.9 Å². The fraction of sp³-hybridized carbons (Fsp3) is 0.632. The van der Waals surface area contributed by atoms with Gasteiger partial charge in [-0.3, -0.25) is 48.2 Å². The second kappa shape index (κ2) is 36.7. The summed E-state index contributed by atoms with van der Waals surface area (Å²) in [5.74, 6) is -9.38. The number of aliphatic carboxylic acids is 1. The van der Waals surface area contributed by atoms with Crippen LogP contribution < -0.4 is 31.3 Å². The molecule has 16 atom stereocenters. The van der Waals surface area contributed by atoms with Gasteiger partial charge in [-0.05, 0) is 81.5 Å². The molecule has 5 rings (SSSR count). The number of carboxylic acids is 1. The van der Waals surface area contributed by atoms with E-state index < -0.39 is 188 Å². The van der Waals surface area contributed by atoms with E-state index in [0.717, 1.165) is 17.1 Å². The molecule has 3 aliphatic heterocycles. The minimum absolute atomic E-state index is 0.145. The van der Waals surface area contributed by atoms with Crippen LogP contribution in [-0.2, 0) is 73.4 Å². The van der Waals surface area contributed by atoms with Crippen molar-refractivity contribution in [2.24, 2.45) is 23.7 Å². The van der Waals surface area contributed by atoms with Crippen molar-refractivity contribution in [1.82, 2.24) is 40.9 Å². The van der Waals surface area contributed by atoms with E-state index >= 15 is 0 Å². The van der Waals surface area contributed by atoms with E-state index in [0.29, 0.717) is 36.3 Å². The summed E-state index contributed by atoms with van der Waals surface area (Å²) >= 11 is 0. The first-order valence-corrected chi connectivity index (χ1v) is 33.1. The van der Waals surface area contributed by atoms with Crippen molar-refractivity contribution in [3.05, 3.63) is 71.8 Å². The minimum Gasteiger partial charge on any atom is -0.479 e. The number of aliphatic hydroxyl groups excluding tert-OH is 4. The van der Waals surface area contributed by atoms with Gasteiger partial charge in [-0.2, -0.15) is 0 Å². The van der Waals surface area contributed by atoms with Crippen LogP contribution in [0.3, 0.4) is 0 Å². The molecular weight excluding hydrogens is 1290 g/mol. The van der Waals surface area contributed by atoms with Gasteiger partial charge in [0.2, 0.25) is 41.7 Å². The maximum Gasteiger partial charge on any atom is 0.410 e. The van der Waals surface area contributed by atoms with Crippen molar-refractivity contribution in [3.8, 4) is 5.75 Å². The Labute approximate surface area is 576 Å². The molecule has 0 aromatic heterocycles. The van der Waals surface area contributed by atoms with Gasteiger partial charge in [-0.25, -0.2) is 14.4 Å². The van der Waals surface area contributed by atoms with Gasteiger partial charge >= 0.3 is 18.2 Å². The molecule has 550 valence electrons. The maximum absolute atomic E-state index is 14.9. The van der Waals surface area contributed by atoms with Gasteiger partial charge in [0.15, 0.2) is 6.10 Å². The molecule has 3 aliphatic rings. The minimum atomic E-state index is -2.08. The third-order valence-corrected chi connectivity index (χ3v) is 17.8. The predicted molar refractivity (Wildman–Crippen MR) is 355 cm³/mol. The second-order valence-electron chi connectivity index (χ2n) is 26.9. The van der Waals surface area contributed by atoms with Gasteiger partial charge in [-0.15, -0.1) is 0 Å². The van der Waals surface area contributed by atoms with Crippen LogP contribution in [0.15, 0.2) is 60.7 Å². The average molecular weight is 1400 g/mol. The van der Waals surface area contributed by atoms with Gasteiger partial charge < -0.3 is 90.3 Å². The SMILES string of the molecule is CC[C@H](C)[C@@H]([C@@H](CC(=O)N1CCC[C@H]1[C@H](OC)[C@@H](C)C(=O)N[C@H](C)[C@@H](O)c1ccccc1)OC)N(C)C(=O)[C@@H](NC(=O)[C@H](C(C)C)N(C)C(=O)OCc1ccc(O[C@@H]2O[C@H](C(=O)O)[C@@H](O)[C@H](O)[C@H]2O)c(NC(=O)CCNC(=O)[C@H](CNC(=O)OC(C)(C)C)N2C(=O)C=CC2=O)c1)C(C)C. The number of imide groups is 1. The summed E-state index contributed by atoms with van der Waals surface area (Å²) in [6.45, 7) is 17.8. The number of benzene rings is 2. The summed E-state index contributed by atoms with van der Waals surface area (Å²) in [4.78, 5) is 154. The molecule has 0 spiro atoms. The topological polar surface area (TPSA) is 417 Å². The standard InChI is InChI=1S/C68H101N9O22/c1-16-37(6)53(46(94-14)32-50(81)76-30-20-23-43(76)58(95-15)38(7)60(86)71-39(8)54(82)41-21-18-17-19-22-41)74(12)63(89)51(35(2)3)73-62(88)52(36(4)5)75(13)67(93)96-34-40-24-25-45(97-65-57(85)55(83)56(84)59(98-65)64(90)91)42(31-40)72-47(78)28-29-69-61(87)44(77-48(79)26-27-49(77)80)33-70-66(92)99-68(9,10)11/h17-19,21-22,24-27,31,35-39,43-44,46,51-59,65,82-85H,16,20,23,28-30,32-34H2,1-15H3,(H,69,87)(H,70,92)(H,71,86)(H,72,78)(H,73,88)(H,90,91)/t37-,38+,39+,43-,44-,46+,51-,52-,53-,54+,55-,56-,57+,58+,59-,65+/m0/s1. The number of likely N-dealkylation sites (tertiary alicyclic amines) is 1. The molecule has 31 heteroatoms. The first-order valence-electron chi connectivity index (χ1n) is 33.1. The average Bonchev–Trinajstić information content (AvgIpc) is 1.71. The number of amides is 10. The Balaban J connectivity index is 1.29. The number of nitrogens with zero attached hydrogens (tertiary/aromatic N) is 4. The number of methoxy groups -OCH3 is 2. The number of ether oxygens (including phenoxy) is 6. The van der Waals surface area contributed by atoms with Gasteiger partial charge in [0.1, 0.15) is 54.4 Å². The summed E-state index contributed by atoms with van der Waals surface area (Å²) in [7, 11) is 5.85. The molecule has 99 heavy (non-hydrogen) atoms. The summed E-state index contributed by atoms with van der Waals surface area (Å²) in [6.07, 6.45) is -11.7. The molecule has 0 aliphatic carbocycles. The molecule has 2 saturated heterocycles. The van der Waals surface area contributed by atoms with Crippen LogP contribution in [0.4, 0.5) is 15.3 Å². The van der Waals surface area contributed by atoms with Crippen LogP contribution in [0, 0.1) is 23.7 Å². The van der Waals surface area contributed by atoms with Gasteiger partial charge in [-0.1, -0.05) is 91.3 Å². The van der Waals surface area contributed by atoms with Gasteiger partial charge in [0.25, 0.3) is 11.8 Å². The largest absolute Gasteiger partial charge is 0.479 e. The molecule has 0 saturated carbocycles. The molecule has 2 aromatic rings. The third kappa shape index (κ3) is 21.6. The summed E-state index contributed by atoms with van der Waals surface area (Å²) in [6, 6.07) is 6.98. The molecular formula is C68H101N9O22. The van der Waals surface area contributed by atoms with E-state index in [2.05, 4.69) is 26.6 Å². The van der Waals surface area contributed by atoms with Crippen LogP contribution in [0.2, 0.25) is 0 Å². The molecule has 31 nitrogen and oxygen atoms in total. The van der Waals surface area contributed by atoms with Crippen LogP contribution >= 0.6 is 0 Å². The highest BCUT2D eigenvalue weighted by molar-refractivity contribution is 6.15. The van der Waals surface area contributed by atoms with Crippen LogP contribution in [-0.4, -0.2) is 243 Å². The summed E-state index contributed by atoms with van der Waals surface area (Å²) in [5.41, 5.74) is -0.348. The smallest absolute Gasteiger partial charge is 0.410 e. The Morgan fingerprint density at radius 3 is 2.01 bits per heavy atom. The van der Waals surface area contributed by atoms with Gasteiger partial charge in [0.05, 0.1) is 61.0 Å². The van der Waals surface area contributed by atoms with E-state index in [4.69, 9.17) is 28.4 Å². The summed E-state index contributed by atoms with van der Waals surface area (Å²) < 4.78 is 34.1. The number of hydrogen-bond donors (Lipinski definition) is 10. The second-order valence-corrected chi connectivity index (χ2v) is 26.9. The number of carboxylic acid groups (broad SMARTS) is 1. The Bertz CT molecular complexity index is 3170. The molecule has 0 unspecified atom stereocenters. The lowest BCUT2D eigenvalue weighted by atomic mass is 9.89. The third-order valence-electron chi connectivity index (χ3n) is 17.8. The lowest BCUT2D eigenvalue weighted by molar-refractivity contribution is -0.271. The highest BCUT2D eigenvalue weighted by atomic mass is 16.7. The number of carbonyl (C=O) groups is 11. The normalized spacial score (nSPS) is 21.6. The number of carbonyl (C=O) groups excluding carboxylic acids is 10. The zero-order chi connectivity index (χ0) is 74.1. The van der Waals surface area contributed by atoms with Crippen LogP contribution in [0.5, 0.6) is 5.75 Å². The predicted octanol–water partition coefficient (Wildman–Crippen LogP) is 2.11. The highest BCUT2D eigenvalue weighted by Crippen LogP contribution is 2.34. The number of rotatable bonds is 33. The summed E-state index contributed by atoms with van der Waals surface area (Å²) in [5, 5.41) is 65.5. The zero-order valence-electron chi connectivity index (χ0n) is 59.0. The number of hydrogen-bond acceptors (Lipinski definition) is 21. The van der Waals surface area contributed by atoms with E-state index in [1.165, 1.54) is 44.4 Å². The number of anilines is 1. The van der Waals surface area contributed by atoms with E-state index in [9.17, 15) is 78.3 Å².